The minimum absolute atomic E-state index is 0.212. The van der Waals surface area contributed by atoms with Crippen LogP contribution in [0.25, 0.3) is 10.2 Å². The van der Waals surface area contributed by atoms with Crippen LogP contribution in [0.3, 0.4) is 0 Å². The number of nitrogens with two attached hydrogens (primary N) is 1. The second kappa shape index (κ2) is 5.90. The van der Waals surface area contributed by atoms with Crippen molar-refractivity contribution in [2.45, 2.75) is 32.1 Å². The predicted molar refractivity (Wildman–Crippen MR) is 95.4 cm³/mol. The zero-order chi connectivity index (χ0) is 15.8. The SMILES string of the molecule is Nc1c(C(=O)Nc2nccs2)sc2nc3c(cc12)CCCCC3. The molecule has 0 atom stereocenters. The highest BCUT2D eigenvalue weighted by atomic mass is 32.1. The van der Waals surface area contributed by atoms with Crippen LogP contribution in [0, 0.1) is 0 Å². The molecule has 3 N–H and O–H groups in total. The molecule has 3 heterocycles. The molecule has 4 rings (SSSR count). The van der Waals surface area contributed by atoms with Gasteiger partial charge in [-0.05, 0) is 37.3 Å². The lowest BCUT2D eigenvalue weighted by molar-refractivity contribution is 0.103. The summed E-state index contributed by atoms with van der Waals surface area (Å²) in [5.41, 5.74) is 9.21. The number of nitrogen functional groups attached to an aromatic ring is 1. The molecule has 0 bridgehead atoms. The van der Waals surface area contributed by atoms with E-state index in [1.54, 1.807) is 6.20 Å². The van der Waals surface area contributed by atoms with E-state index in [4.69, 9.17) is 10.7 Å². The number of hydrogen-bond acceptors (Lipinski definition) is 6. The summed E-state index contributed by atoms with van der Waals surface area (Å²) in [6.45, 7) is 0. The summed E-state index contributed by atoms with van der Waals surface area (Å²) in [5, 5.41) is 6.09. The number of hydrogen-bond donors (Lipinski definition) is 2. The van der Waals surface area contributed by atoms with Crippen LogP contribution >= 0.6 is 22.7 Å². The van der Waals surface area contributed by atoms with Crippen LogP contribution in [-0.4, -0.2) is 15.9 Å². The third kappa shape index (κ3) is 2.70. The lowest BCUT2D eigenvalue weighted by Gasteiger charge is -2.04. The van der Waals surface area contributed by atoms with Gasteiger partial charge in [0.25, 0.3) is 5.91 Å². The Balaban J connectivity index is 1.74. The summed E-state index contributed by atoms with van der Waals surface area (Å²) < 4.78 is 0. The lowest BCUT2D eigenvalue weighted by Crippen LogP contribution is -2.11. The summed E-state index contributed by atoms with van der Waals surface area (Å²) in [5.74, 6) is -0.212. The molecule has 0 spiro atoms. The topological polar surface area (TPSA) is 80.9 Å². The van der Waals surface area contributed by atoms with Gasteiger partial charge in [-0.2, -0.15) is 0 Å². The number of fused-ring (bicyclic) bond motifs is 2. The number of aromatic nitrogens is 2. The van der Waals surface area contributed by atoms with Crippen LogP contribution < -0.4 is 11.1 Å². The van der Waals surface area contributed by atoms with E-state index < -0.39 is 0 Å². The van der Waals surface area contributed by atoms with Crippen LogP contribution in [0.2, 0.25) is 0 Å². The maximum absolute atomic E-state index is 12.4. The zero-order valence-electron chi connectivity index (χ0n) is 12.5. The van der Waals surface area contributed by atoms with E-state index in [0.717, 1.165) is 23.1 Å². The van der Waals surface area contributed by atoms with Crippen molar-refractivity contribution in [2.75, 3.05) is 11.1 Å². The van der Waals surface area contributed by atoms with E-state index in [0.29, 0.717) is 15.7 Å². The molecule has 0 aromatic carbocycles. The van der Waals surface area contributed by atoms with Crippen molar-refractivity contribution in [1.29, 1.82) is 0 Å². The van der Waals surface area contributed by atoms with Gasteiger partial charge < -0.3 is 5.73 Å². The highest BCUT2D eigenvalue weighted by Crippen LogP contribution is 2.35. The molecule has 0 unspecified atom stereocenters. The van der Waals surface area contributed by atoms with Crippen LogP contribution in [-0.2, 0) is 12.8 Å². The Morgan fingerprint density at radius 3 is 2.96 bits per heavy atom. The second-order valence-electron chi connectivity index (χ2n) is 5.64. The largest absolute Gasteiger partial charge is 0.397 e. The molecule has 23 heavy (non-hydrogen) atoms. The number of amides is 1. The molecule has 0 radical (unpaired) electrons. The van der Waals surface area contributed by atoms with Crippen LogP contribution in [0.1, 0.15) is 40.2 Å². The Morgan fingerprint density at radius 1 is 1.26 bits per heavy atom. The summed E-state index contributed by atoms with van der Waals surface area (Å²) in [7, 11) is 0. The molecular formula is C16H16N4OS2. The summed E-state index contributed by atoms with van der Waals surface area (Å²) in [4.78, 5) is 22.7. The third-order valence-corrected chi connectivity index (χ3v) is 5.91. The number of thiazole rings is 1. The molecule has 118 valence electrons. The smallest absolute Gasteiger partial charge is 0.269 e. The van der Waals surface area contributed by atoms with E-state index in [2.05, 4.69) is 16.4 Å². The van der Waals surface area contributed by atoms with Gasteiger partial charge >= 0.3 is 0 Å². The van der Waals surface area contributed by atoms with Gasteiger partial charge in [0.05, 0.1) is 5.69 Å². The number of carbonyl (C=O) groups is 1. The van der Waals surface area contributed by atoms with Gasteiger partial charge in [-0.1, -0.05) is 6.42 Å². The first-order valence-electron chi connectivity index (χ1n) is 7.64. The van der Waals surface area contributed by atoms with Crippen molar-refractivity contribution < 1.29 is 4.79 Å². The van der Waals surface area contributed by atoms with Gasteiger partial charge in [0.15, 0.2) is 5.13 Å². The standard InChI is InChI=1S/C16H16N4OS2/c17-12-10-8-9-4-2-1-3-5-11(9)19-15(10)23-13(12)14(21)20-16-18-6-7-22-16/h6-8H,1-5,17H2,(H,18,20,21). The monoisotopic (exact) mass is 344 g/mol. The van der Waals surface area contributed by atoms with Crippen molar-refractivity contribution in [2.24, 2.45) is 0 Å². The van der Waals surface area contributed by atoms with Gasteiger partial charge in [0.2, 0.25) is 0 Å². The van der Waals surface area contributed by atoms with Gasteiger partial charge in [-0.25, -0.2) is 9.97 Å². The highest BCUT2D eigenvalue weighted by molar-refractivity contribution is 7.21. The van der Waals surface area contributed by atoms with Gasteiger partial charge in [-0.15, -0.1) is 22.7 Å². The number of anilines is 2. The first-order chi connectivity index (χ1) is 11.2. The molecule has 0 fully saturated rings. The fraction of sp³-hybridized carbons (Fsp3) is 0.312. The summed E-state index contributed by atoms with van der Waals surface area (Å²) in [6.07, 6.45) is 7.36. The van der Waals surface area contributed by atoms with Crippen molar-refractivity contribution in [3.63, 3.8) is 0 Å². The Bertz CT molecular complexity index is 870. The van der Waals surface area contributed by atoms with Crippen LogP contribution in [0.15, 0.2) is 17.6 Å². The second-order valence-corrected chi connectivity index (χ2v) is 7.54. The average Bonchev–Trinajstić information content (AvgIpc) is 3.08. The van der Waals surface area contributed by atoms with Gasteiger partial charge in [-0.3, -0.25) is 10.1 Å². The average molecular weight is 344 g/mol. The molecule has 0 saturated carbocycles. The molecule has 7 heteroatoms. The quantitative estimate of drug-likeness (QED) is 0.692. The van der Waals surface area contributed by atoms with E-state index in [1.165, 1.54) is 53.2 Å². The molecule has 1 aliphatic carbocycles. The molecule has 1 amide bonds. The summed E-state index contributed by atoms with van der Waals surface area (Å²) >= 11 is 2.75. The first kappa shape index (κ1) is 14.6. The Hall–Kier alpha value is -1.99. The normalized spacial score (nSPS) is 14.4. The third-order valence-electron chi connectivity index (χ3n) is 4.11. The Morgan fingerprint density at radius 2 is 2.13 bits per heavy atom. The number of thiophene rings is 1. The van der Waals surface area contributed by atoms with Crippen molar-refractivity contribution in [3.05, 3.63) is 33.8 Å². The zero-order valence-corrected chi connectivity index (χ0v) is 14.1. The van der Waals surface area contributed by atoms with E-state index in [1.807, 2.05) is 5.38 Å². The number of carbonyl (C=O) groups excluding carboxylic acids is 1. The minimum Gasteiger partial charge on any atom is -0.397 e. The Labute approximate surface area is 141 Å². The number of nitrogens with zero attached hydrogens (tertiary/aromatic N) is 2. The van der Waals surface area contributed by atoms with Crippen molar-refractivity contribution in [3.8, 4) is 0 Å². The first-order valence-corrected chi connectivity index (χ1v) is 9.33. The van der Waals surface area contributed by atoms with Crippen LogP contribution in [0.5, 0.6) is 0 Å². The maximum Gasteiger partial charge on any atom is 0.269 e. The van der Waals surface area contributed by atoms with E-state index in [-0.39, 0.29) is 5.91 Å². The molecule has 0 saturated heterocycles. The molecule has 1 aliphatic rings. The fourth-order valence-corrected chi connectivity index (χ4v) is 4.46. The van der Waals surface area contributed by atoms with Crippen molar-refractivity contribution >= 4 is 49.6 Å². The summed E-state index contributed by atoms with van der Waals surface area (Å²) in [6, 6.07) is 2.13. The van der Waals surface area contributed by atoms with Gasteiger partial charge in [0, 0.05) is 22.7 Å². The number of aryl methyl sites for hydroxylation is 2. The number of nitrogens with one attached hydrogen (secondary N) is 1. The van der Waals surface area contributed by atoms with Gasteiger partial charge in [0.1, 0.15) is 9.71 Å². The highest BCUT2D eigenvalue weighted by Gasteiger charge is 2.20. The molecule has 5 nitrogen and oxygen atoms in total. The van der Waals surface area contributed by atoms with Crippen LogP contribution in [0.4, 0.5) is 10.8 Å². The predicted octanol–water partition coefficient (Wildman–Crippen LogP) is 3.86. The molecule has 3 aromatic rings. The lowest BCUT2D eigenvalue weighted by atomic mass is 10.1. The Kier molecular flexibility index (Phi) is 3.74. The van der Waals surface area contributed by atoms with Crippen molar-refractivity contribution in [1.82, 2.24) is 9.97 Å². The minimum atomic E-state index is -0.212. The maximum atomic E-state index is 12.4. The fourth-order valence-electron chi connectivity index (χ4n) is 2.94. The molecule has 3 aromatic heterocycles. The molecule has 0 aliphatic heterocycles. The number of pyridine rings is 1. The van der Waals surface area contributed by atoms with E-state index in [9.17, 15) is 4.79 Å². The molecular weight excluding hydrogens is 328 g/mol. The van der Waals surface area contributed by atoms with E-state index >= 15 is 0 Å². The number of rotatable bonds is 2.